The second-order valence-corrected chi connectivity index (χ2v) is 10.0. The normalized spacial score (nSPS) is 13.8. The quantitative estimate of drug-likeness (QED) is 0.418. The van der Waals surface area contributed by atoms with Crippen molar-refractivity contribution in [2.45, 2.75) is 50.6 Å². The monoisotopic (exact) mass is 455 g/mol. The number of carbonyl (C=O) groups excluding carboxylic acids is 1. The third kappa shape index (κ3) is 3.70. The molecular weight excluding hydrogens is 433 g/mol. The molecule has 4 aromatic rings. The number of aryl methyl sites for hydroxylation is 2. The van der Waals surface area contributed by atoms with E-state index in [1.807, 2.05) is 4.40 Å². The van der Waals surface area contributed by atoms with Crippen LogP contribution in [0.2, 0.25) is 0 Å². The molecule has 1 aromatic carbocycles. The van der Waals surface area contributed by atoms with Gasteiger partial charge in [-0.2, -0.15) is 0 Å². The number of benzene rings is 1. The lowest BCUT2D eigenvalue weighted by Crippen LogP contribution is -2.15. The van der Waals surface area contributed by atoms with Crippen LogP contribution in [0, 0.1) is 5.82 Å². The first-order chi connectivity index (χ1) is 15.0. The second kappa shape index (κ2) is 8.20. The van der Waals surface area contributed by atoms with Crippen molar-refractivity contribution < 1.29 is 9.18 Å². The molecule has 0 saturated heterocycles. The lowest BCUT2D eigenvalue weighted by atomic mass is 9.97. The zero-order valence-corrected chi connectivity index (χ0v) is 18.9. The maximum absolute atomic E-state index is 13.8. The third-order valence-electron chi connectivity index (χ3n) is 5.45. The zero-order valence-electron chi connectivity index (χ0n) is 17.3. The van der Waals surface area contributed by atoms with Crippen LogP contribution in [-0.4, -0.2) is 31.2 Å². The smallest absolute Gasteiger partial charge is 0.234 e. The highest BCUT2D eigenvalue weighted by Gasteiger charge is 2.24. The predicted octanol–water partition coefficient (Wildman–Crippen LogP) is 5.21. The SMILES string of the molecule is CC(C)c1nc2sc3c(c2c2nnc(SCC(=O)Nc4ccccc4F)n12)CCCC3. The summed E-state index contributed by atoms with van der Waals surface area (Å²) in [6.45, 7) is 4.20. The number of anilines is 1. The number of amides is 1. The number of nitrogens with one attached hydrogen (secondary N) is 1. The predicted molar refractivity (Wildman–Crippen MR) is 123 cm³/mol. The molecule has 1 N–H and O–H groups in total. The van der Waals surface area contributed by atoms with E-state index >= 15 is 0 Å². The van der Waals surface area contributed by atoms with Crippen molar-refractivity contribution >= 4 is 50.6 Å². The van der Waals surface area contributed by atoms with Crippen LogP contribution >= 0.6 is 23.1 Å². The van der Waals surface area contributed by atoms with E-state index in [9.17, 15) is 9.18 Å². The molecule has 0 aliphatic heterocycles. The molecule has 0 atom stereocenters. The topological polar surface area (TPSA) is 72.2 Å². The Balaban J connectivity index is 1.49. The second-order valence-electron chi connectivity index (χ2n) is 7.97. The van der Waals surface area contributed by atoms with Gasteiger partial charge in [-0.1, -0.05) is 37.7 Å². The van der Waals surface area contributed by atoms with Crippen LogP contribution in [0.4, 0.5) is 10.1 Å². The summed E-state index contributed by atoms with van der Waals surface area (Å²) in [5, 5.41) is 13.3. The van der Waals surface area contributed by atoms with Crippen molar-refractivity contribution in [3.63, 3.8) is 0 Å². The number of fused-ring (bicyclic) bond motifs is 5. The number of halogens is 1. The van der Waals surface area contributed by atoms with Gasteiger partial charge in [0.2, 0.25) is 5.91 Å². The molecular formula is C22H22FN5OS2. The van der Waals surface area contributed by atoms with Gasteiger partial charge in [0.25, 0.3) is 0 Å². The van der Waals surface area contributed by atoms with Crippen molar-refractivity contribution in [1.82, 2.24) is 19.6 Å². The van der Waals surface area contributed by atoms with E-state index in [2.05, 4.69) is 29.4 Å². The Labute approximate surface area is 187 Å². The summed E-state index contributed by atoms with van der Waals surface area (Å²) in [7, 11) is 0. The summed E-state index contributed by atoms with van der Waals surface area (Å²) in [6, 6.07) is 6.14. The average molecular weight is 456 g/mol. The number of hydrogen-bond donors (Lipinski definition) is 1. The minimum Gasteiger partial charge on any atom is -0.323 e. The molecule has 0 saturated carbocycles. The van der Waals surface area contributed by atoms with Crippen molar-refractivity contribution in [2.75, 3.05) is 11.1 Å². The van der Waals surface area contributed by atoms with E-state index in [4.69, 9.17) is 4.98 Å². The van der Waals surface area contributed by atoms with E-state index < -0.39 is 5.82 Å². The first-order valence-electron chi connectivity index (χ1n) is 10.4. The van der Waals surface area contributed by atoms with Gasteiger partial charge in [-0.05, 0) is 43.4 Å². The first-order valence-corrected chi connectivity index (χ1v) is 12.2. The van der Waals surface area contributed by atoms with Crippen LogP contribution in [0.3, 0.4) is 0 Å². The van der Waals surface area contributed by atoms with Gasteiger partial charge in [0.1, 0.15) is 16.5 Å². The van der Waals surface area contributed by atoms with Crippen molar-refractivity contribution in [2.24, 2.45) is 0 Å². The Morgan fingerprint density at radius 3 is 2.87 bits per heavy atom. The Kier molecular flexibility index (Phi) is 5.39. The molecule has 0 bridgehead atoms. The van der Waals surface area contributed by atoms with Crippen LogP contribution in [0.15, 0.2) is 29.4 Å². The molecule has 160 valence electrons. The Hall–Kier alpha value is -2.52. The van der Waals surface area contributed by atoms with E-state index in [0.717, 1.165) is 34.5 Å². The maximum atomic E-state index is 13.8. The molecule has 1 aliphatic rings. The number of rotatable bonds is 5. The van der Waals surface area contributed by atoms with Crippen LogP contribution in [0.5, 0.6) is 0 Å². The molecule has 5 rings (SSSR count). The number of hydrogen-bond acceptors (Lipinski definition) is 6. The number of thiophene rings is 1. The molecule has 1 amide bonds. The minimum absolute atomic E-state index is 0.104. The van der Waals surface area contributed by atoms with Crippen LogP contribution in [-0.2, 0) is 17.6 Å². The van der Waals surface area contributed by atoms with E-state index in [1.54, 1.807) is 29.5 Å². The molecule has 0 unspecified atom stereocenters. The fraction of sp³-hybridized carbons (Fsp3) is 0.364. The maximum Gasteiger partial charge on any atom is 0.234 e. The number of thioether (sulfide) groups is 1. The molecule has 3 aromatic heterocycles. The summed E-state index contributed by atoms with van der Waals surface area (Å²) in [5.74, 6) is 0.424. The van der Waals surface area contributed by atoms with Gasteiger partial charge in [-0.15, -0.1) is 21.5 Å². The number of para-hydroxylation sites is 1. The summed E-state index contributed by atoms with van der Waals surface area (Å²) < 4.78 is 15.8. The lowest BCUT2D eigenvalue weighted by molar-refractivity contribution is -0.113. The average Bonchev–Trinajstić information content (AvgIpc) is 3.34. The lowest BCUT2D eigenvalue weighted by Gasteiger charge is -2.12. The Morgan fingerprint density at radius 2 is 2.06 bits per heavy atom. The van der Waals surface area contributed by atoms with E-state index in [-0.39, 0.29) is 23.3 Å². The fourth-order valence-electron chi connectivity index (χ4n) is 4.01. The Morgan fingerprint density at radius 1 is 1.26 bits per heavy atom. The standard InChI is InChI=1S/C22H22FN5OS2/c1-12(2)19-25-21-18(13-7-3-6-10-16(13)31-21)20-26-27-22(28(19)20)30-11-17(29)24-15-9-5-4-8-14(15)23/h4-5,8-9,12H,3,6-7,10-11H2,1-2H3,(H,24,29). The third-order valence-corrected chi connectivity index (χ3v) is 7.57. The summed E-state index contributed by atoms with van der Waals surface area (Å²) >= 11 is 3.07. The summed E-state index contributed by atoms with van der Waals surface area (Å²) in [6.07, 6.45) is 4.56. The van der Waals surface area contributed by atoms with Gasteiger partial charge >= 0.3 is 0 Å². The largest absolute Gasteiger partial charge is 0.323 e. The molecule has 6 nitrogen and oxygen atoms in total. The Bertz CT molecular complexity index is 1300. The molecule has 9 heteroatoms. The number of carbonyl (C=O) groups is 1. The summed E-state index contributed by atoms with van der Waals surface area (Å²) in [4.78, 5) is 19.8. The highest BCUT2D eigenvalue weighted by atomic mass is 32.2. The number of aromatic nitrogens is 4. The van der Waals surface area contributed by atoms with Crippen molar-refractivity contribution in [3.8, 4) is 0 Å². The van der Waals surface area contributed by atoms with Crippen molar-refractivity contribution in [1.29, 1.82) is 0 Å². The molecule has 0 spiro atoms. The van der Waals surface area contributed by atoms with E-state index in [0.29, 0.717) is 5.16 Å². The molecule has 3 heterocycles. The molecule has 0 radical (unpaired) electrons. The molecule has 31 heavy (non-hydrogen) atoms. The fourth-order valence-corrected chi connectivity index (χ4v) is 6.02. The van der Waals surface area contributed by atoms with Gasteiger partial charge in [0.05, 0.1) is 16.8 Å². The molecule has 1 aliphatic carbocycles. The first kappa shape index (κ1) is 20.4. The van der Waals surface area contributed by atoms with Crippen LogP contribution < -0.4 is 5.32 Å². The van der Waals surface area contributed by atoms with Gasteiger partial charge in [-0.3, -0.25) is 9.20 Å². The van der Waals surface area contributed by atoms with Gasteiger partial charge < -0.3 is 5.32 Å². The van der Waals surface area contributed by atoms with Gasteiger partial charge in [0.15, 0.2) is 10.8 Å². The van der Waals surface area contributed by atoms with Crippen LogP contribution in [0.25, 0.3) is 15.9 Å². The van der Waals surface area contributed by atoms with Gasteiger partial charge in [-0.25, -0.2) is 9.37 Å². The van der Waals surface area contributed by atoms with Crippen molar-refractivity contribution in [3.05, 3.63) is 46.3 Å². The zero-order chi connectivity index (χ0) is 21.5. The van der Waals surface area contributed by atoms with Crippen LogP contribution in [0.1, 0.15) is 48.9 Å². The van der Waals surface area contributed by atoms with Gasteiger partial charge in [0, 0.05) is 10.8 Å². The highest BCUT2D eigenvalue weighted by Crippen LogP contribution is 2.39. The minimum atomic E-state index is -0.454. The summed E-state index contributed by atoms with van der Waals surface area (Å²) in [5.41, 5.74) is 2.36. The number of nitrogens with zero attached hydrogens (tertiary/aromatic N) is 4. The molecule has 0 fully saturated rings. The highest BCUT2D eigenvalue weighted by molar-refractivity contribution is 7.99. The van der Waals surface area contributed by atoms with E-state index in [1.165, 1.54) is 41.1 Å².